The zero-order valence-electron chi connectivity index (χ0n) is 9.73. The van der Waals surface area contributed by atoms with Gasteiger partial charge in [-0.05, 0) is 39.5 Å². The molecule has 1 N–H and O–H groups in total. The number of methoxy groups -OCH3 is 1. The number of rotatable bonds is 3. The summed E-state index contributed by atoms with van der Waals surface area (Å²) in [6.45, 7) is 7.57. The third kappa shape index (κ3) is 4.12. The first kappa shape index (κ1) is 12.4. The lowest BCUT2D eigenvalue weighted by atomic mass is 9.97. The normalized spacial score (nSPS) is 11.3. The van der Waals surface area contributed by atoms with Crippen LogP contribution in [0, 0.1) is 5.41 Å². The Morgan fingerprint density at radius 3 is 2.47 bits per heavy atom. The molecule has 0 amide bonds. The highest BCUT2D eigenvalue weighted by atomic mass is 79.9. The smallest absolute Gasteiger partial charge is 0.133 e. The summed E-state index contributed by atoms with van der Waals surface area (Å²) in [6, 6.07) is 6.01. The van der Waals surface area contributed by atoms with Crippen LogP contribution in [0.25, 0.3) is 0 Å². The van der Waals surface area contributed by atoms with E-state index < -0.39 is 0 Å². The van der Waals surface area contributed by atoms with Gasteiger partial charge in [-0.3, -0.25) is 0 Å². The fourth-order valence-electron chi connectivity index (χ4n) is 1.14. The number of hydrogen-bond donors (Lipinski definition) is 1. The number of hydrogen-bond acceptors (Lipinski definition) is 2. The van der Waals surface area contributed by atoms with E-state index in [9.17, 15) is 0 Å². The van der Waals surface area contributed by atoms with Crippen LogP contribution in [0.1, 0.15) is 20.8 Å². The molecule has 0 atom stereocenters. The summed E-state index contributed by atoms with van der Waals surface area (Å²) in [5.74, 6) is 0.858. The standard InChI is InChI=1S/C12H18BrNO/c1-12(2,3)8-14-9-5-6-11(15-4)10(13)7-9/h5-7,14H,8H2,1-4H3. The molecule has 0 aromatic heterocycles. The molecule has 0 spiro atoms. The summed E-state index contributed by atoms with van der Waals surface area (Å²) in [5.41, 5.74) is 1.39. The monoisotopic (exact) mass is 271 g/mol. The molecule has 1 rings (SSSR count). The molecule has 15 heavy (non-hydrogen) atoms. The van der Waals surface area contributed by atoms with Crippen molar-refractivity contribution in [3.8, 4) is 5.75 Å². The lowest BCUT2D eigenvalue weighted by Crippen LogP contribution is -2.18. The van der Waals surface area contributed by atoms with Gasteiger partial charge in [0.2, 0.25) is 0 Å². The number of nitrogens with one attached hydrogen (secondary N) is 1. The maximum atomic E-state index is 5.17. The Labute approximate surface area is 100 Å². The lowest BCUT2D eigenvalue weighted by molar-refractivity contribution is 0.412. The third-order valence-electron chi connectivity index (χ3n) is 1.97. The quantitative estimate of drug-likeness (QED) is 0.900. The average Bonchev–Trinajstić information content (AvgIpc) is 2.14. The van der Waals surface area contributed by atoms with Crippen LogP contribution in [-0.4, -0.2) is 13.7 Å². The Morgan fingerprint density at radius 2 is 2.00 bits per heavy atom. The van der Waals surface area contributed by atoms with Crippen molar-refractivity contribution in [3.05, 3.63) is 22.7 Å². The number of anilines is 1. The van der Waals surface area contributed by atoms with Gasteiger partial charge in [-0.2, -0.15) is 0 Å². The molecule has 0 aliphatic rings. The molecule has 1 aromatic rings. The SMILES string of the molecule is COc1ccc(NCC(C)(C)C)cc1Br. The molecule has 0 heterocycles. The maximum absolute atomic E-state index is 5.17. The van der Waals surface area contributed by atoms with E-state index in [-0.39, 0.29) is 5.41 Å². The second kappa shape index (κ2) is 4.88. The Bertz CT molecular complexity index is 331. The molecule has 84 valence electrons. The minimum absolute atomic E-state index is 0.284. The van der Waals surface area contributed by atoms with E-state index >= 15 is 0 Å². The molecule has 2 nitrogen and oxygen atoms in total. The number of benzene rings is 1. The summed E-state index contributed by atoms with van der Waals surface area (Å²) in [6.07, 6.45) is 0. The Kier molecular flexibility index (Phi) is 4.03. The third-order valence-corrected chi connectivity index (χ3v) is 2.59. The molecular formula is C12H18BrNO. The first-order valence-corrected chi connectivity index (χ1v) is 5.79. The van der Waals surface area contributed by atoms with E-state index in [4.69, 9.17) is 4.74 Å². The van der Waals surface area contributed by atoms with E-state index in [0.717, 1.165) is 22.5 Å². The van der Waals surface area contributed by atoms with Crippen molar-refractivity contribution in [3.63, 3.8) is 0 Å². The van der Waals surface area contributed by atoms with Crippen molar-refractivity contribution in [1.82, 2.24) is 0 Å². The molecule has 0 radical (unpaired) electrons. The van der Waals surface area contributed by atoms with Crippen molar-refractivity contribution >= 4 is 21.6 Å². The molecule has 0 saturated heterocycles. The van der Waals surface area contributed by atoms with Crippen LogP contribution in [0.3, 0.4) is 0 Å². The van der Waals surface area contributed by atoms with Crippen LogP contribution in [0.15, 0.2) is 22.7 Å². The van der Waals surface area contributed by atoms with Crippen LogP contribution < -0.4 is 10.1 Å². The first-order valence-electron chi connectivity index (χ1n) is 5.00. The van der Waals surface area contributed by atoms with Crippen molar-refractivity contribution in [2.45, 2.75) is 20.8 Å². The topological polar surface area (TPSA) is 21.3 Å². The molecule has 3 heteroatoms. The minimum Gasteiger partial charge on any atom is -0.496 e. The summed E-state index contributed by atoms with van der Waals surface area (Å²) < 4.78 is 6.15. The number of ether oxygens (including phenoxy) is 1. The zero-order chi connectivity index (χ0) is 11.5. The van der Waals surface area contributed by atoms with Gasteiger partial charge in [-0.15, -0.1) is 0 Å². The van der Waals surface area contributed by atoms with Crippen LogP contribution in [0.2, 0.25) is 0 Å². The maximum Gasteiger partial charge on any atom is 0.133 e. The van der Waals surface area contributed by atoms with Crippen molar-refractivity contribution in [2.24, 2.45) is 5.41 Å². The molecule has 0 aliphatic heterocycles. The van der Waals surface area contributed by atoms with Crippen molar-refractivity contribution < 1.29 is 4.74 Å². The largest absolute Gasteiger partial charge is 0.496 e. The van der Waals surface area contributed by atoms with E-state index in [2.05, 4.69) is 42.0 Å². The molecule has 0 unspecified atom stereocenters. The van der Waals surface area contributed by atoms with Crippen LogP contribution in [0.4, 0.5) is 5.69 Å². The molecule has 0 aliphatic carbocycles. The van der Waals surface area contributed by atoms with Gasteiger partial charge in [0.15, 0.2) is 0 Å². The molecule has 0 saturated carbocycles. The van der Waals surface area contributed by atoms with Gasteiger partial charge < -0.3 is 10.1 Å². The second-order valence-electron chi connectivity index (χ2n) is 4.76. The van der Waals surface area contributed by atoms with E-state index in [1.54, 1.807) is 7.11 Å². The molecule has 0 fully saturated rings. The van der Waals surface area contributed by atoms with E-state index in [0.29, 0.717) is 0 Å². The fraction of sp³-hybridized carbons (Fsp3) is 0.500. The molecule has 1 aromatic carbocycles. The molecular weight excluding hydrogens is 254 g/mol. The Hall–Kier alpha value is -0.700. The summed E-state index contributed by atoms with van der Waals surface area (Å²) in [5, 5.41) is 3.39. The van der Waals surface area contributed by atoms with Gasteiger partial charge >= 0.3 is 0 Å². The van der Waals surface area contributed by atoms with Crippen LogP contribution >= 0.6 is 15.9 Å². The van der Waals surface area contributed by atoms with Gasteiger partial charge in [0.1, 0.15) is 5.75 Å². The predicted octanol–water partition coefficient (Wildman–Crippen LogP) is 3.92. The summed E-state index contributed by atoms with van der Waals surface area (Å²) in [7, 11) is 1.67. The van der Waals surface area contributed by atoms with Gasteiger partial charge in [-0.25, -0.2) is 0 Å². The van der Waals surface area contributed by atoms with E-state index in [1.165, 1.54) is 0 Å². The summed E-state index contributed by atoms with van der Waals surface area (Å²) in [4.78, 5) is 0. The van der Waals surface area contributed by atoms with Gasteiger partial charge in [0, 0.05) is 12.2 Å². The van der Waals surface area contributed by atoms with Gasteiger partial charge in [-0.1, -0.05) is 20.8 Å². The second-order valence-corrected chi connectivity index (χ2v) is 5.62. The van der Waals surface area contributed by atoms with Gasteiger partial charge in [0.25, 0.3) is 0 Å². The lowest BCUT2D eigenvalue weighted by Gasteiger charge is -2.20. The van der Waals surface area contributed by atoms with Crippen LogP contribution in [-0.2, 0) is 0 Å². The molecule has 0 bridgehead atoms. The minimum atomic E-state index is 0.284. The first-order chi connectivity index (χ1) is 6.92. The summed E-state index contributed by atoms with van der Waals surface area (Å²) >= 11 is 3.46. The van der Waals surface area contributed by atoms with Gasteiger partial charge in [0.05, 0.1) is 11.6 Å². The van der Waals surface area contributed by atoms with Crippen molar-refractivity contribution in [1.29, 1.82) is 0 Å². The average molecular weight is 272 g/mol. The fourth-order valence-corrected chi connectivity index (χ4v) is 1.68. The Balaban J connectivity index is 2.68. The highest BCUT2D eigenvalue weighted by Crippen LogP contribution is 2.28. The van der Waals surface area contributed by atoms with E-state index in [1.807, 2.05) is 18.2 Å². The van der Waals surface area contributed by atoms with Crippen molar-refractivity contribution in [2.75, 3.05) is 19.0 Å². The zero-order valence-corrected chi connectivity index (χ0v) is 11.3. The highest BCUT2D eigenvalue weighted by Gasteiger charge is 2.09. The Morgan fingerprint density at radius 1 is 1.33 bits per heavy atom. The predicted molar refractivity (Wildman–Crippen MR) is 68.6 cm³/mol. The number of halogens is 1. The highest BCUT2D eigenvalue weighted by molar-refractivity contribution is 9.10. The van der Waals surface area contributed by atoms with Crippen LogP contribution in [0.5, 0.6) is 5.75 Å².